The Morgan fingerprint density at radius 3 is 2.75 bits per heavy atom. The van der Waals surface area contributed by atoms with Gasteiger partial charge in [-0.25, -0.2) is 4.98 Å². The number of methoxy groups -OCH3 is 1. The lowest BCUT2D eigenvalue weighted by molar-refractivity contribution is 0.415. The first-order valence-electron chi connectivity index (χ1n) is 6.20. The van der Waals surface area contributed by atoms with Crippen molar-refractivity contribution in [3.63, 3.8) is 0 Å². The molecule has 0 aliphatic carbocycles. The van der Waals surface area contributed by atoms with Crippen LogP contribution in [0.2, 0.25) is 0 Å². The van der Waals surface area contributed by atoms with Gasteiger partial charge in [0, 0.05) is 11.0 Å². The lowest BCUT2D eigenvalue weighted by atomic mass is 10.2. The highest BCUT2D eigenvalue weighted by molar-refractivity contribution is 7.98. The maximum atomic E-state index is 6.10. The Labute approximate surface area is 121 Å². The number of imidazole rings is 1. The Morgan fingerprint density at radius 2 is 2.00 bits per heavy atom. The van der Waals surface area contributed by atoms with Gasteiger partial charge in [-0.05, 0) is 30.5 Å². The molecule has 0 amide bonds. The molecule has 5 heteroatoms. The average molecular weight is 285 g/mol. The van der Waals surface area contributed by atoms with Crippen LogP contribution < -0.4 is 10.5 Å². The van der Waals surface area contributed by atoms with Crippen molar-refractivity contribution in [2.45, 2.75) is 4.90 Å². The summed E-state index contributed by atoms with van der Waals surface area (Å²) in [6, 6.07) is 13.9. The third kappa shape index (κ3) is 2.00. The molecule has 2 N–H and O–H groups in total. The van der Waals surface area contributed by atoms with Gasteiger partial charge in [-0.1, -0.05) is 12.1 Å². The van der Waals surface area contributed by atoms with Gasteiger partial charge in [-0.3, -0.25) is 4.57 Å². The van der Waals surface area contributed by atoms with E-state index >= 15 is 0 Å². The summed E-state index contributed by atoms with van der Waals surface area (Å²) in [6.45, 7) is 0. The van der Waals surface area contributed by atoms with E-state index in [0.717, 1.165) is 27.4 Å². The van der Waals surface area contributed by atoms with Gasteiger partial charge in [0.2, 0.25) is 5.95 Å². The first kappa shape index (κ1) is 12.9. The molecule has 0 unspecified atom stereocenters. The molecule has 0 aliphatic heterocycles. The van der Waals surface area contributed by atoms with E-state index in [4.69, 9.17) is 10.5 Å². The molecule has 0 bridgehead atoms. The van der Waals surface area contributed by atoms with Crippen molar-refractivity contribution in [2.24, 2.45) is 0 Å². The van der Waals surface area contributed by atoms with Crippen LogP contribution in [0, 0.1) is 0 Å². The van der Waals surface area contributed by atoms with E-state index in [-0.39, 0.29) is 0 Å². The van der Waals surface area contributed by atoms with E-state index < -0.39 is 0 Å². The SMILES string of the molecule is COc1ccc2nc(N)n(-c3ccccc3SC)c2c1. The number of rotatable bonds is 3. The molecule has 1 aromatic heterocycles. The summed E-state index contributed by atoms with van der Waals surface area (Å²) in [4.78, 5) is 5.57. The van der Waals surface area contributed by atoms with Crippen LogP contribution in [0.1, 0.15) is 0 Å². The molecular weight excluding hydrogens is 270 g/mol. The van der Waals surface area contributed by atoms with E-state index in [9.17, 15) is 0 Å². The molecule has 4 nitrogen and oxygen atoms in total. The minimum atomic E-state index is 0.481. The summed E-state index contributed by atoms with van der Waals surface area (Å²) in [5.74, 6) is 1.27. The Morgan fingerprint density at radius 1 is 1.20 bits per heavy atom. The predicted molar refractivity (Wildman–Crippen MR) is 83.8 cm³/mol. The largest absolute Gasteiger partial charge is 0.497 e. The van der Waals surface area contributed by atoms with Gasteiger partial charge < -0.3 is 10.5 Å². The zero-order valence-electron chi connectivity index (χ0n) is 11.3. The Balaban J connectivity index is 2.32. The second-order valence-electron chi connectivity index (χ2n) is 4.33. The minimum Gasteiger partial charge on any atom is -0.497 e. The lowest BCUT2D eigenvalue weighted by Gasteiger charge is -2.11. The molecule has 0 fully saturated rings. The molecule has 0 spiro atoms. The zero-order valence-corrected chi connectivity index (χ0v) is 12.1. The van der Waals surface area contributed by atoms with Crippen LogP contribution in [-0.2, 0) is 0 Å². The van der Waals surface area contributed by atoms with Crippen LogP contribution in [0.4, 0.5) is 5.95 Å². The maximum absolute atomic E-state index is 6.10. The summed E-state index contributed by atoms with van der Waals surface area (Å²) in [6.07, 6.45) is 2.05. The summed E-state index contributed by atoms with van der Waals surface area (Å²) in [7, 11) is 1.65. The first-order valence-corrected chi connectivity index (χ1v) is 7.42. The fraction of sp³-hybridized carbons (Fsp3) is 0.133. The van der Waals surface area contributed by atoms with E-state index in [0.29, 0.717) is 5.95 Å². The van der Waals surface area contributed by atoms with Crippen molar-refractivity contribution < 1.29 is 4.74 Å². The van der Waals surface area contributed by atoms with Crippen LogP contribution in [0.5, 0.6) is 5.75 Å². The highest BCUT2D eigenvalue weighted by Gasteiger charge is 2.13. The fourth-order valence-electron chi connectivity index (χ4n) is 2.27. The van der Waals surface area contributed by atoms with Crippen molar-refractivity contribution in [1.29, 1.82) is 0 Å². The van der Waals surface area contributed by atoms with Crippen molar-refractivity contribution in [3.8, 4) is 11.4 Å². The van der Waals surface area contributed by atoms with Crippen molar-refractivity contribution in [3.05, 3.63) is 42.5 Å². The first-order chi connectivity index (χ1) is 9.74. The number of hydrogen-bond acceptors (Lipinski definition) is 4. The lowest BCUT2D eigenvalue weighted by Crippen LogP contribution is -2.01. The van der Waals surface area contributed by atoms with Crippen LogP contribution in [0.3, 0.4) is 0 Å². The number of ether oxygens (including phenoxy) is 1. The number of hydrogen-bond donors (Lipinski definition) is 1. The second kappa shape index (κ2) is 5.09. The maximum Gasteiger partial charge on any atom is 0.205 e. The Kier molecular flexibility index (Phi) is 3.28. The predicted octanol–water partition coefficient (Wildman–Crippen LogP) is 3.34. The van der Waals surface area contributed by atoms with Crippen molar-refractivity contribution in [1.82, 2.24) is 9.55 Å². The number of thioether (sulfide) groups is 1. The number of para-hydroxylation sites is 1. The van der Waals surface area contributed by atoms with Crippen LogP contribution in [-0.4, -0.2) is 22.9 Å². The summed E-state index contributed by atoms with van der Waals surface area (Å²) < 4.78 is 7.25. The second-order valence-corrected chi connectivity index (χ2v) is 5.18. The van der Waals surface area contributed by atoms with Crippen LogP contribution in [0.15, 0.2) is 47.4 Å². The van der Waals surface area contributed by atoms with Gasteiger partial charge in [0.15, 0.2) is 0 Å². The summed E-state index contributed by atoms with van der Waals surface area (Å²) in [5, 5.41) is 0. The number of fused-ring (bicyclic) bond motifs is 1. The molecule has 1 heterocycles. The third-order valence-electron chi connectivity index (χ3n) is 3.21. The van der Waals surface area contributed by atoms with Gasteiger partial charge >= 0.3 is 0 Å². The number of nitrogens with two attached hydrogens (primary N) is 1. The molecule has 0 saturated carbocycles. The topological polar surface area (TPSA) is 53.1 Å². The molecule has 0 aliphatic rings. The van der Waals surface area contributed by atoms with Gasteiger partial charge in [0.05, 0.1) is 23.8 Å². The molecule has 2 aromatic carbocycles. The van der Waals surface area contributed by atoms with E-state index in [1.54, 1.807) is 18.9 Å². The number of nitrogens with zero attached hydrogens (tertiary/aromatic N) is 2. The monoisotopic (exact) mass is 285 g/mol. The molecule has 102 valence electrons. The molecular formula is C15H15N3OS. The van der Waals surface area contributed by atoms with Crippen molar-refractivity contribution >= 4 is 28.7 Å². The highest BCUT2D eigenvalue weighted by Crippen LogP contribution is 2.31. The van der Waals surface area contributed by atoms with Crippen LogP contribution >= 0.6 is 11.8 Å². The molecule has 0 atom stereocenters. The van der Waals surface area contributed by atoms with Gasteiger partial charge in [0.1, 0.15) is 5.75 Å². The smallest absolute Gasteiger partial charge is 0.205 e. The molecule has 3 rings (SSSR count). The minimum absolute atomic E-state index is 0.481. The van der Waals surface area contributed by atoms with Crippen LogP contribution in [0.25, 0.3) is 16.7 Å². The standard InChI is InChI=1S/C15H15N3OS/c1-19-10-7-8-11-13(9-10)18(15(16)17-11)12-5-3-4-6-14(12)20-2/h3-9H,1-2H3,(H2,16,17). The molecule has 20 heavy (non-hydrogen) atoms. The van der Waals surface area contributed by atoms with E-state index in [1.807, 2.05) is 41.0 Å². The van der Waals surface area contributed by atoms with Crippen molar-refractivity contribution in [2.75, 3.05) is 19.1 Å². The summed E-state index contributed by atoms with van der Waals surface area (Å²) in [5.41, 5.74) is 8.95. The molecule has 0 saturated heterocycles. The number of aromatic nitrogens is 2. The average Bonchev–Trinajstić information content (AvgIpc) is 2.81. The van der Waals surface area contributed by atoms with Gasteiger partial charge in [-0.15, -0.1) is 11.8 Å². The highest BCUT2D eigenvalue weighted by atomic mass is 32.2. The summed E-state index contributed by atoms with van der Waals surface area (Å²) >= 11 is 1.69. The number of nitrogen functional groups attached to an aromatic ring is 1. The fourth-order valence-corrected chi connectivity index (χ4v) is 2.85. The quantitative estimate of drug-likeness (QED) is 0.750. The van der Waals surface area contributed by atoms with Gasteiger partial charge in [0.25, 0.3) is 0 Å². The Bertz CT molecular complexity index is 767. The molecule has 3 aromatic rings. The molecule has 0 radical (unpaired) electrons. The van der Waals surface area contributed by atoms with Gasteiger partial charge in [-0.2, -0.15) is 0 Å². The zero-order chi connectivity index (χ0) is 14.1. The van der Waals surface area contributed by atoms with E-state index in [2.05, 4.69) is 17.3 Å². The van der Waals surface area contributed by atoms with E-state index in [1.165, 1.54) is 0 Å². The number of benzene rings is 2. The third-order valence-corrected chi connectivity index (χ3v) is 4.00. The number of anilines is 1. The normalized spacial score (nSPS) is 10.9. The Hall–Kier alpha value is -2.14.